The molecule has 0 spiro atoms. The van der Waals surface area contributed by atoms with Gasteiger partial charge in [-0.25, -0.2) is 14.8 Å². The molecule has 7 nitrogen and oxygen atoms in total. The van der Waals surface area contributed by atoms with Gasteiger partial charge in [-0.05, 0) is 76.6 Å². The van der Waals surface area contributed by atoms with E-state index in [0.29, 0.717) is 17.3 Å². The number of aromatic nitrogens is 3. The van der Waals surface area contributed by atoms with Crippen molar-refractivity contribution in [3.63, 3.8) is 0 Å². The Morgan fingerprint density at radius 1 is 0.861 bits per heavy atom. The number of anilines is 1. The molecule has 0 aliphatic carbocycles. The molecule has 2 aromatic heterocycles. The predicted molar refractivity (Wildman–Crippen MR) is 143 cm³/mol. The van der Waals surface area contributed by atoms with E-state index in [2.05, 4.69) is 31.2 Å². The second-order valence-electron chi connectivity index (χ2n) is 7.81. The number of hydrogen-bond acceptors (Lipinski definition) is 5. The lowest BCUT2D eigenvalue weighted by Gasteiger charge is -2.07. The van der Waals surface area contributed by atoms with E-state index in [1.54, 1.807) is 49.7 Å². The van der Waals surface area contributed by atoms with Gasteiger partial charge < -0.3 is 14.5 Å². The minimum Gasteiger partial charge on any atom is -0.497 e. The standard InChI is InChI=1S/C28H21BrN4O3/c1-35-23-9-5-6-19(16-23)25-26(20-14-15-30-24(29)17-20)33-27(32-25)18-10-12-21(13-11-18)31-28(34)36-22-7-3-2-4-8-22/h2-17H,1H3,(H,31,34)(H,32,33). The molecule has 0 atom stereocenters. The van der Waals surface area contributed by atoms with E-state index in [1.165, 1.54) is 0 Å². The van der Waals surface area contributed by atoms with Crippen molar-refractivity contribution in [2.24, 2.45) is 0 Å². The SMILES string of the molecule is COc1cccc(-c2nc(-c3ccc(NC(=O)Oc4ccccc4)cc3)[nH]c2-c2ccnc(Br)c2)c1. The Balaban J connectivity index is 1.44. The van der Waals surface area contributed by atoms with Gasteiger partial charge in [0, 0.05) is 28.6 Å². The van der Waals surface area contributed by atoms with Crippen molar-refractivity contribution >= 4 is 27.7 Å². The van der Waals surface area contributed by atoms with E-state index < -0.39 is 6.09 Å². The van der Waals surface area contributed by atoms with Crippen LogP contribution in [0.25, 0.3) is 33.9 Å². The van der Waals surface area contributed by atoms with Gasteiger partial charge in [-0.1, -0.05) is 30.3 Å². The van der Waals surface area contributed by atoms with Crippen LogP contribution in [0.1, 0.15) is 0 Å². The number of methoxy groups -OCH3 is 1. The first-order chi connectivity index (χ1) is 17.6. The van der Waals surface area contributed by atoms with Gasteiger partial charge in [-0.15, -0.1) is 0 Å². The van der Waals surface area contributed by atoms with Gasteiger partial charge in [0.2, 0.25) is 0 Å². The van der Waals surface area contributed by atoms with Gasteiger partial charge in [0.25, 0.3) is 0 Å². The van der Waals surface area contributed by atoms with Crippen LogP contribution in [0.15, 0.2) is 102 Å². The number of amides is 1. The van der Waals surface area contributed by atoms with Gasteiger partial charge in [-0.3, -0.25) is 5.32 Å². The second kappa shape index (κ2) is 10.5. The smallest absolute Gasteiger partial charge is 0.417 e. The number of carbonyl (C=O) groups excluding carboxylic acids is 1. The molecule has 5 rings (SSSR count). The Labute approximate surface area is 216 Å². The molecule has 5 aromatic rings. The van der Waals surface area contributed by atoms with Crippen LogP contribution in [-0.4, -0.2) is 28.2 Å². The zero-order valence-corrected chi connectivity index (χ0v) is 20.8. The fraction of sp³-hybridized carbons (Fsp3) is 0.0357. The lowest BCUT2D eigenvalue weighted by molar-refractivity contribution is 0.215. The number of nitrogens with zero attached hydrogens (tertiary/aromatic N) is 2. The van der Waals surface area contributed by atoms with E-state index in [4.69, 9.17) is 14.5 Å². The topological polar surface area (TPSA) is 89.1 Å². The quantitative estimate of drug-likeness (QED) is 0.222. The Bertz CT molecular complexity index is 1500. The van der Waals surface area contributed by atoms with Gasteiger partial charge in [0.15, 0.2) is 0 Å². The lowest BCUT2D eigenvalue weighted by atomic mass is 10.1. The summed E-state index contributed by atoms with van der Waals surface area (Å²) in [5, 5.41) is 2.74. The number of pyridine rings is 1. The molecule has 3 aromatic carbocycles. The molecule has 0 saturated heterocycles. The molecule has 178 valence electrons. The van der Waals surface area contributed by atoms with Gasteiger partial charge in [0.1, 0.15) is 21.9 Å². The van der Waals surface area contributed by atoms with Gasteiger partial charge >= 0.3 is 6.09 Å². The molecule has 0 unspecified atom stereocenters. The van der Waals surface area contributed by atoms with Crippen molar-refractivity contribution < 1.29 is 14.3 Å². The van der Waals surface area contributed by atoms with Crippen molar-refractivity contribution in [3.8, 4) is 45.4 Å². The highest BCUT2D eigenvalue weighted by atomic mass is 79.9. The summed E-state index contributed by atoms with van der Waals surface area (Å²) in [5.41, 5.74) is 4.97. The number of nitrogens with one attached hydrogen (secondary N) is 2. The van der Waals surface area contributed by atoms with E-state index >= 15 is 0 Å². The predicted octanol–water partition coefficient (Wildman–Crippen LogP) is 7.19. The number of para-hydroxylation sites is 1. The van der Waals surface area contributed by atoms with Crippen molar-refractivity contribution in [1.82, 2.24) is 15.0 Å². The van der Waals surface area contributed by atoms with Gasteiger partial charge in [-0.2, -0.15) is 0 Å². The number of ether oxygens (including phenoxy) is 2. The molecule has 36 heavy (non-hydrogen) atoms. The van der Waals surface area contributed by atoms with Crippen LogP contribution in [0.2, 0.25) is 0 Å². The van der Waals surface area contributed by atoms with Crippen LogP contribution < -0.4 is 14.8 Å². The van der Waals surface area contributed by atoms with E-state index in [1.807, 2.05) is 54.6 Å². The third-order valence-electron chi connectivity index (χ3n) is 5.42. The number of H-pyrrole nitrogens is 1. The first-order valence-electron chi connectivity index (χ1n) is 11.1. The summed E-state index contributed by atoms with van der Waals surface area (Å²) in [6.07, 6.45) is 1.18. The number of halogens is 1. The molecule has 2 heterocycles. The molecule has 0 aliphatic rings. The normalized spacial score (nSPS) is 10.6. The molecular formula is C28H21BrN4O3. The number of aromatic amines is 1. The van der Waals surface area contributed by atoms with E-state index in [0.717, 1.165) is 38.4 Å². The van der Waals surface area contributed by atoms with E-state index in [-0.39, 0.29) is 0 Å². The van der Waals surface area contributed by atoms with Crippen LogP contribution in [0.5, 0.6) is 11.5 Å². The molecular weight excluding hydrogens is 520 g/mol. The monoisotopic (exact) mass is 540 g/mol. The number of carbonyl (C=O) groups is 1. The minimum absolute atomic E-state index is 0.475. The summed E-state index contributed by atoms with van der Waals surface area (Å²) in [7, 11) is 1.64. The molecule has 0 bridgehead atoms. The third kappa shape index (κ3) is 5.29. The Hall–Kier alpha value is -4.43. The Morgan fingerprint density at radius 3 is 2.39 bits per heavy atom. The highest BCUT2D eigenvalue weighted by molar-refractivity contribution is 9.10. The lowest BCUT2D eigenvalue weighted by Crippen LogP contribution is -2.16. The first kappa shape index (κ1) is 23.3. The zero-order valence-electron chi connectivity index (χ0n) is 19.2. The Morgan fingerprint density at radius 2 is 1.64 bits per heavy atom. The van der Waals surface area contributed by atoms with Crippen LogP contribution in [0, 0.1) is 0 Å². The van der Waals surface area contributed by atoms with Crippen molar-refractivity contribution in [2.45, 2.75) is 0 Å². The second-order valence-corrected chi connectivity index (χ2v) is 8.63. The zero-order chi connectivity index (χ0) is 24.9. The fourth-order valence-corrected chi connectivity index (χ4v) is 4.07. The first-order valence-corrected chi connectivity index (χ1v) is 11.9. The summed E-state index contributed by atoms with van der Waals surface area (Å²) in [6.45, 7) is 0. The highest BCUT2D eigenvalue weighted by Gasteiger charge is 2.17. The van der Waals surface area contributed by atoms with Crippen LogP contribution in [-0.2, 0) is 0 Å². The van der Waals surface area contributed by atoms with Crippen LogP contribution in [0.3, 0.4) is 0 Å². The number of hydrogen-bond donors (Lipinski definition) is 2. The molecule has 0 radical (unpaired) electrons. The number of rotatable bonds is 6. The van der Waals surface area contributed by atoms with E-state index in [9.17, 15) is 4.79 Å². The summed E-state index contributed by atoms with van der Waals surface area (Å²) < 4.78 is 11.4. The van der Waals surface area contributed by atoms with Crippen molar-refractivity contribution in [1.29, 1.82) is 0 Å². The summed E-state index contributed by atoms with van der Waals surface area (Å²) in [4.78, 5) is 24.8. The molecule has 0 saturated carbocycles. The van der Waals surface area contributed by atoms with Crippen molar-refractivity contribution in [3.05, 3.63) is 102 Å². The third-order valence-corrected chi connectivity index (χ3v) is 5.85. The van der Waals surface area contributed by atoms with Crippen LogP contribution in [0.4, 0.5) is 10.5 Å². The van der Waals surface area contributed by atoms with Gasteiger partial charge in [0.05, 0.1) is 18.5 Å². The molecule has 1 amide bonds. The highest BCUT2D eigenvalue weighted by Crippen LogP contribution is 2.35. The molecule has 0 aliphatic heterocycles. The maximum Gasteiger partial charge on any atom is 0.417 e. The summed E-state index contributed by atoms with van der Waals surface area (Å²) in [6, 6.07) is 27.9. The number of benzene rings is 3. The summed E-state index contributed by atoms with van der Waals surface area (Å²) in [5.74, 6) is 1.91. The van der Waals surface area contributed by atoms with Crippen molar-refractivity contribution in [2.75, 3.05) is 12.4 Å². The fourth-order valence-electron chi connectivity index (χ4n) is 3.71. The minimum atomic E-state index is -0.558. The van der Waals surface area contributed by atoms with Crippen LogP contribution >= 0.6 is 15.9 Å². The average Bonchev–Trinajstić information content (AvgIpc) is 3.35. The molecule has 8 heteroatoms. The molecule has 0 fully saturated rings. The molecule has 2 N–H and O–H groups in total. The maximum absolute atomic E-state index is 12.2. The average molecular weight is 541 g/mol. The summed E-state index contributed by atoms with van der Waals surface area (Å²) >= 11 is 3.45. The number of imidazole rings is 1. The largest absolute Gasteiger partial charge is 0.497 e. The Kier molecular flexibility index (Phi) is 6.77. The maximum atomic E-state index is 12.2.